The zero-order valence-electron chi connectivity index (χ0n) is 9.94. The topological polar surface area (TPSA) is 38.0 Å². The van der Waals surface area contributed by atoms with Crippen molar-refractivity contribution in [3.8, 4) is 0 Å². The van der Waals surface area contributed by atoms with Gasteiger partial charge in [-0.2, -0.15) is 0 Å². The summed E-state index contributed by atoms with van der Waals surface area (Å²) in [6, 6.07) is 2.56. The van der Waals surface area contributed by atoms with Crippen LogP contribution in [0, 0.1) is 13.8 Å². The van der Waals surface area contributed by atoms with E-state index < -0.39 is 0 Å². The lowest BCUT2D eigenvalue weighted by Crippen LogP contribution is -2.15. The van der Waals surface area contributed by atoms with Crippen molar-refractivity contribution in [2.75, 3.05) is 11.1 Å². The predicted molar refractivity (Wildman–Crippen MR) is 71.2 cm³/mol. The quantitative estimate of drug-likeness (QED) is 0.767. The van der Waals surface area contributed by atoms with Crippen LogP contribution in [-0.4, -0.2) is 6.04 Å². The standard InChI is InChI=1S/C13H19ClN2/c1-8-9(2)13(15)11(14)7-12(8)16-10-5-3-4-6-10/h7,10,16H,3-6,15H2,1-2H3. The number of rotatable bonds is 2. The van der Waals surface area contributed by atoms with Gasteiger partial charge in [-0.1, -0.05) is 24.4 Å². The normalized spacial score (nSPS) is 16.7. The molecule has 88 valence electrons. The number of hydrogen-bond acceptors (Lipinski definition) is 2. The Morgan fingerprint density at radius 1 is 1.25 bits per heavy atom. The van der Waals surface area contributed by atoms with Crippen LogP contribution in [0.5, 0.6) is 0 Å². The molecule has 2 nitrogen and oxygen atoms in total. The van der Waals surface area contributed by atoms with Gasteiger partial charge in [0.25, 0.3) is 0 Å². The van der Waals surface area contributed by atoms with E-state index in [1.165, 1.54) is 31.2 Å². The molecule has 1 fully saturated rings. The minimum atomic E-state index is 0.609. The number of anilines is 2. The van der Waals surface area contributed by atoms with Crippen molar-refractivity contribution in [1.29, 1.82) is 0 Å². The first-order valence-electron chi connectivity index (χ1n) is 5.91. The molecule has 2 rings (SSSR count). The summed E-state index contributed by atoms with van der Waals surface area (Å²) in [5, 5.41) is 4.23. The molecule has 0 radical (unpaired) electrons. The van der Waals surface area contributed by atoms with Crippen molar-refractivity contribution < 1.29 is 0 Å². The number of hydrogen-bond donors (Lipinski definition) is 2. The van der Waals surface area contributed by atoms with Gasteiger partial charge in [0.2, 0.25) is 0 Å². The summed E-state index contributed by atoms with van der Waals surface area (Å²) in [6.45, 7) is 4.12. The average molecular weight is 239 g/mol. The van der Waals surface area contributed by atoms with E-state index in [1.807, 2.05) is 13.0 Å². The molecule has 0 bridgehead atoms. The molecule has 3 heteroatoms. The number of benzene rings is 1. The van der Waals surface area contributed by atoms with Gasteiger partial charge in [0.1, 0.15) is 0 Å². The lowest BCUT2D eigenvalue weighted by molar-refractivity contribution is 0.754. The Balaban J connectivity index is 2.26. The molecule has 0 aromatic heterocycles. The van der Waals surface area contributed by atoms with Crippen molar-refractivity contribution in [2.45, 2.75) is 45.6 Å². The highest BCUT2D eigenvalue weighted by atomic mass is 35.5. The monoisotopic (exact) mass is 238 g/mol. The van der Waals surface area contributed by atoms with Gasteiger partial charge in [-0.15, -0.1) is 0 Å². The average Bonchev–Trinajstić information content (AvgIpc) is 2.76. The van der Waals surface area contributed by atoms with Crippen LogP contribution < -0.4 is 11.1 Å². The highest BCUT2D eigenvalue weighted by Gasteiger charge is 2.16. The van der Waals surface area contributed by atoms with Crippen LogP contribution in [0.4, 0.5) is 11.4 Å². The third-order valence-electron chi connectivity index (χ3n) is 3.61. The largest absolute Gasteiger partial charge is 0.397 e. The van der Waals surface area contributed by atoms with Crippen LogP contribution in [0.3, 0.4) is 0 Å². The fourth-order valence-corrected chi connectivity index (χ4v) is 2.59. The van der Waals surface area contributed by atoms with Gasteiger partial charge >= 0.3 is 0 Å². The summed E-state index contributed by atoms with van der Waals surface area (Å²) in [4.78, 5) is 0. The number of halogens is 1. The van der Waals surface area contributed by atoms with E-state index in [4.69, 9.17) is 17.3 Å². The molecule has 0 unspecified atom stereocenters. The molecule has 0 saturated heterocycles. The van der Waals surface area contributed by atoms with E-state index in [1.54, 1.807) is 0 Å². The Hall–Kier alpha value is -0.890. The Morgan fingerprint density at radius 2 is 1.88 bits per heavy atom. The van der Waals surface area contributed by atoms with E-state index in [9.17, 15) is 0 Å². The third-order valence-corrected chi connectivity index (χ3v) is 3.93. The molecule has 16 heavy (non-hydrogen) atoms. The summed E-state index contributed by atoms with van der Waals surface area (Å²) in [5.74, 6) is 0. The number of nitrogens with one attached hydrogen (secondary N) is 1. The molecule has 0 aliphatic heterocycles. The maximum atomic E-state index is 6.11. The Labute approximate surface area is 102 Å². The Bertz CT molecular complexity index is 395. The van der Waals surface area contributed by atoms with E-state index in [0.717, 1.165) is 11.3 Å². The molecular weight excluding hydrogens is 220 g/mol. The molecule has 0 heterocycles. The van der Waals surface area contributed by atoms with E-state index in [0.29, 0.717) is 16.8 Å². The molecule has 1 saturated carbocycles. The highest BCUT2D eigenvalue weighted by Crippen LogP contribution is 2.33. The minimum absolute atomic E-state index is 0.609. The van der Waals surface area contributed by atoms with Gasteiger partial charge in [0.15, 0.2) is 0 Å². The van der Waals surface area contributed by atoms with Gasteiger partial charge in [-0.3, -0.25) is 0 Å². The minimum Gasteiger partial charge on any atom is -0.397 e. The van der Waals surface area contributed by atoms with Crippen molar-refractivity contribution in [3.63, 3.8) is 0 Å². The zero-order valence-corrected chi connectivity index (χ0v) is 10.7. The fraction of sp³-hybridized carbons (Fsp3) is 0.538. The van der Waals surface area contributed by atoms with E-state index in [2.05, 4.69) is 12.2 Å². The van der Waals surface area contributed by atoms with Crippen molar-refractivity contribution >= 4 is 23.0 Å². The summed E-state index contributed by atoms with van der Waals surface area (Å²) in [7, 11) is 0. The molecule has 3 N–H and O–H groups in total. The lowest BCUT2D eigenvalue weighted by Gasteiger charge is -2.18. The van der Waals surface area contributed by atoms with Crippen molar-refractivity contribution in [2.24, 2.45) is 0 Å². The number of nitrogens with two attached hydrogens (primary N) is 1. The molecule has 1 aliphatic carbocycles. The van der Waals surface area contributed by atoms with Gasteiger partial charge < -0.3 is 11.1 Å². The lowest BCUT2D eigenvalue weighted by atomic mass is 10.0. The van der Waals surface area contributed by atoms with Crippen LogP contribution in [0.15, 0.2) is 6.07 Å². The SMILES string of the molecule is Cc1c(NC2CCCC2)cc(Cl)c(N)c1C. The van der Waals surface area contributed by atoms with E-state index in [-0.39, 0.29) is 0 Å². The Morgan fingerprint density at radius 3 is 2.50 bits per heavy atom. The second-order valence-electron chi connectivity index (χ2n) is 4.70. The third kappa shape index (κ3) is 2.12. The predicted octanol–water partition coefficient (Wildman–Crippen LogP) is 3.89. The second-order valence-corrected chi connectivity index (χ2v) is 5.10. The molecule has 1 aromatic rings. The smallest absolute Gasteiger partial charge is 0.0658 e. The van der Waals surface area contributed by atoms with Gasteiger partial charge in [0.05, 0.1) is 10.7 Å². The van der Waals surface area contributed by atoms with Crippen LogP contribution in [0.2, 0.25) is 5.02 Å². The first kappa shape index (κ1) is 11.6. The van der Waals surface area contributed by atoms with Gasteiger partial charge in [-0.25, -0.2) is 0 Å². The molecular formula is C13H19ClN2. The van der Waals surface area contributed by atoms with Crippen LogP contribution >= 0.6 is 11.6 Å². The zero-order chi connectivity index (χ0) is 11.7. The molecule has 0 amide bonds. The molecule has 0 spiro atoms. The molecule has 0 atom stereocenters. The van der Waals surface area contributed by atoms with Crippen LogP contribution in [0.1, 0.15) is 36.8 Å². The first-order chi connectivity index (χ1) is 7.59. The maximum Gasteiger partial charge on any atom is 0.0658 e. The summed E-state index contributed by atoms with van der Waals surface area (Å²) < 4.78 is 0. The molecule has 1 aliphatic rings. The fourth-order valence-electron chi connectivity index (χ4n) is 2.34. The summed E-state index contributed by atoms with van der Waals surface area (Å²) in [6.07, 6.45) is 5.19. The second kappa shape index (κ2) is 4.54. The number of nitrogen functional groups attached to an aromatic ring is 1. The van der Waals surface area contributed by atoms with Crippen LogP contribution in [0.25, 0.3) is 0 Å². The Kier molecular flexibility index (Phi) is 3.29. The van der Waals surface area contributed by atoms with Crippen molar-refractivity contribution in [1.82, 2.24) is 0 Å². The first-order valence-corrected chi connectivity index (χ1v) is 6.29. The van der Waals surface area contributed by atoms with Crippen molar-refractivity contribution in [3.05, 3.63) is 22.2 Å². The van der Waals surface area contributed by atoms with Gasteiger partial charge in [-0.05, 0) is 43.9 Å². The summed E-state index contributed by atoms with van der Waals surface area (Å²) in [5.41, 5.74) is 10.1. The summed E-state index contributed by atoms with van der Waals surface area (Å²) >= 11 is 6.11. The maximum absolute atomic E-state index is 6.11. The van der Waals surface area contributed by atoms with E-state index >= 15 is 0 Å². The molecule has 1 aromatic carbocycles. The highest BCUT2D eigenvalue weighted by molar-refractivity contribution is 6.33. The van der Waals surface area contributed by atoms with Crippen LogP contribution in [-0.2, 0) is 0 Å². The van der Waals surface area contributed by atoms with Gasteiger partial charge in [0, 0.05) is 11.7 Å².